The van der Waals surface area contributed by atoms with Crippen LogP contribution in [0.3, 0.4) is 0 Å². The summed E-state index contributed by atoms with van der Waals surface area (Å²) in [6.45, 7) is 7.45. The third-order valence-corrected chi connectivity index (χ3v) is 4.90. The molecule has 1 aromatic carbocycles. The minimum absolute atomic E-state index is 0.0939. The quantitative estimate of drug-likeness (QED) is 0.943. The van der Waals surface area contributed by atoms with E-state index in [0.29, 0.717) is 12.1 Å². The Morgan fingerprint density at radius 1 is 1.25 bits per heavy atom. The molecule has 1 aromatic heterocycles. The Hall–Kier alpha value is -2.56. The van der Waals surface area contributed by atoms with Gasteiger partial charge in [-0.15, -0.1) is 0 Å². The van der Waals surface area contributed by atoms with E-state index in [4.69, 9.17) is 0 Å². The Morgan fingerprint density at radius 3 is 2.58 bits per heavy atom. The first-order valence-electron chi connectivity index (χ1n) is 8.20. The van der Waals surface area contributed by atoms with Gasteiger partial charge in [0, 0.05) is 31.0 Å². The molecule has 0 radical (unpaired) electrons. The van der Waals surface area contributed by atoms with Crippen molar-refractivity contribution in [3.63, 3.8) is 0 Å². The highest BCUT2D eigenvalue weighted by Gasteiger charge is 2.33. The smallest absolute Gasteiger partial charge is 0.312 e. The molecule has 5 nitrogen and oxygen atoms in total. The number of aryl methyl sites for hydroxylation is 1. The summed E-state index contributed by atoms with van der Waals surface area (Å²) in [4.78, 5) is 26.3. The Labute approximate surface area is 141 Å². The number of hydrogen-bond donors (Lipinski definition) is 1. The van der Waals surface area contributed by atoms with Gasteiger partial charge in [0.1, 0.15) is 0 Å². The van der Waals surface area contributed by atoms with Crippen molar-refractivity contribution >= 4 is 11.9 Å². The predicted octanol–water partition coefficient (Wildman–Crippen LogP) is 2.95. The first-order valence-corrected chi connectivity index (χ1v) is 8.20. The topological polar surface area (TPSA) is 62.5 Å². The van der Waals surface area contributed by atoms with Gasteiger partial charge in [-0.1, -0.05) is 24.3 Å². The lowest BCUT2D eigenvalue weighted by Gasteiger charge is -2.32. The molecule has 1 atom stereocenters. The van der Waals surface area contributed by atoms with Crippen LogP contribution in [0, 0.1) is 13.8 Å². The van der Waals surface area contributed by atoms with Crippen LogP contribution < -0.4 is 0 Å². The highest BCUT2D eigenvalue weighted by atomic mass is 16.4. The zero-order valence-electron chi connectivity index (χ0n) is 14.2. The molecule has 0 spiro atoms. The normalized spacial score (nSPS) is 16.8. The van der Waals surface area contributed by atoms with Crippen LogP contribution in [0.1, 0.15) is 45.7 Å². The lowest BCUT2D eigenvalue weighted by Crippen LogP contribution is -2.40. The molecule has 3 rings (SSSR count). The second-order valence-electron chi connectivity index (χ2n) is 6.30. The highest BCUT2D eigenvalue weighted by Crippen LogP contribution is 2.30. The maximum atomic E-state index is 13.0. The molecule has 126 valence electrons. The molecule has 5 heteroatoms. The average molecular weight is 326 g/mol. The SMILES string of the molecule is CCn1c(C)cc(C(=O)N2Cc3ccccc3C(C(=O)O)C2)c1C. The van der Waals surface area contributed by atoms with E-state index < -0.39 is 11.9 Å². The van der Waals surface area contributed by atoms with E-state index in [0.717, 1.165) is 29.1 Å². The zero-order chi connectivity index (χ0) is 17.4. The molecule has 0 saturated heterocycles. The molecule has 1 aliphatic heterocycles. The van der Waals surface area contributed by atoms with E-state index in [2.05, 4.69) is 4.57 Å². The Kier molecular flexibility index (Phi) is 4.18. The van der Waals surface area contributed by atoms with Crippen LogP contribution in [0.5, 0.6) is 0 Å². The molecule has 0 bridgehead atoms. The molecule has 0 fully saturated rings. The molecular weight excluding hydrogens is 304 g/mol. The Bertz CT molecular complexity index is 807. The number of aliphatic carboxylic acids is 1. The van der Waals surface area contributed by atoms with Crippen LogP contribution >= 0.6 is 0 Å². The molecule has 24 heavy (non-hydrogen) atoms. The number of carbonyl (C=O) groups is 2. The first-order chi connectivity index (χ1) is 11.4. The van der Waals surface area contributed by atoms with E-state index in [1.54, 1.807) is 4.90 Å². The van der Waals surface area contributed by atoms with Crippen molar-refractivity contribution in [3.8, 4) is 0 Å². The van der Waals surface area contributed by atoms with E-state index >= 15 is 0 Å². The number of carbonyl (C=O) groups excluding carboxylic acids is 1. The molecular formula is C19H22N2O3. The fourth-order valence-corrected chi connectivity index (χ4v) is 3.65. The number of benzene rings is 1. The maximum Gasteiger partial charge on any atom is 0.312 e. The Balaban J connectivity index is 1.96. The van der Waals surface area contributed by atoms with Gasteiger partial charge in [0.2, 0.25) is 0 Å². The molecule has 1 aliphatic rings. The second kappa shape index (κ2) is 6.15. The fourth-order valence-electron chi connectivity index (χ4n) is 3.65. The molecule has 1 unspecified atom stereocenters. The van der Waals surface area contributed by atoms with Crippen molar-refractivity contribution in [2.75, 3.05) is 6.54 Å². The molecule has 2 heterocycles. The molecule has 2 aromatic rings. The fraction of sp³-hybridized carbons (Fsp3) is 0.368. The van der Waals surface area contributed by atoms with Gasteiger partial charge in [0.25, 0.3) is 5.91 Å². The van der Waals surface area contributed by atoms with Gasteiger partial charge in [0.05, 0.1) is 11.5 Å². The van der Waals surface area contributed by atoms with Crippen molar-refractivity contribution in [2.45, 2.75) is 39.8 Å². The number of hydrogen-bond acceptors (Lipinski definition) is 2. The summed E-state index contributed by atoms with van der Waals surface area (Å²) in [5.41, 5.74) is 4.37. The number of aromatic nitrogens is 1. The first kappa shape index (κ1) is 16.3. The summed E-state index contributed by atoms with van der Waals surface area (Å²) in [7, 11) is 0. The predicted molar refractivity (Wildman–Crippen MR) is 91.1 cm³/mol. The van der Waals surface area contributed by atoms with Crippen molar-refractivity contribution in [1.29, 1.82) is 0 Å². The highest BCUT2D eigenvalue weighted by molar-refractivity contribution is 5.96. The van der Waals surface area contributed by atoms with E-state index in [1.807, 2.05) is 51.1 Å². The summed E-state index contributed by atoms with van der Waals surface area (Å²) in [6.07, 6.45) is 0. The summed E-state index contributed by atoms with van der Waals surface area (Å²) >= 11 is 0. The summed E-state index contributed by atoms with van der Waals surface area (Å²) in [5.74, 6) is -1.66. The standard InChI is InChI=1S/C19H22N2O3/c1-4-21-12(2)9-16(13(21)3)18(22)20-10-14-7-5-6-8-15(14)17(11-20)19(23)24/h5-9,17H,4,10-11H2,1-3H3,(H,23,24). The van der Waals surface area contributed by atoms with E-state index in [9.17, 15) is 14.7 Å². The molecule has 1 amide bonds. The van der Waals surface area contributed by atoms with Crippen LogP contribution in [0.15, 0.2) is 30.3 Å². The van der Waals surface area contributed by atoms with Gasteiger partial charge in [-0.25, -0.2) is 0 Å². The minimum Gasteiger partial charge on any atom is -0.481 e. The van der Waals surface area contributed by atoms with Crippen LogP contribution in [0.4, 0.5) is 0 Å². The van der Waals surface area contributed by atoms with Crippen LogP contribution in [-0.4, -0.2) is 33.0 Å². The Morgan fingerprint density at radius 2 is 1.96 bits per heavy atom. The number of carboxylic acids is 1. The lowest BCUT2D eigenvalue weighted by molar-refractivity contribution is -0.139. The van der Waals surface area contributed by atoms with E-state index in [1.165, 1.54) is 0 Å². The zero-order valence-corrected chi connectivity index (χ0v) is 14.2. The van der Waals surface area contributed by atoms with Crippen molar-refractivity contribution in [2.24, 2.45) is 0 Å². The van der Waals surface area contributed by atoms with Crippen molar-refractivity contribution in [3.05, 3.63) is 58.4 Å². The maximum absolute atomic E-state index is 13.0. The van der Waals surface area contributed by atoms with Gasteiger partial charge in [-0.3, -0.25) is 9.59 Å². The van der Waals surface area contributed by atoms with Crippen molar-refractivity contribution < 1.29 is 14.7 Å². The van der Waals surface area contributed by atoms with Crippen LogP contribution in [0.2, 0.25) is 0 Å². The van der Waals surface area contributed by atoms with Gasteiger partial charge in [0.15, 0.2) is 0 Å². The molecule has 1 N–H and O–H groups in total. The van der Waals surface area contributed by atoms with Gasteiger partial charge >= 0.3 is 5.97 Å². The monoisotopic (exact) mass is 326 g/mol. The largest absolute Gasteiger partial charge is 0.481 e. The van der Waals surface area contributed by atoms with Crippen LogP contribution in [0.25, 0.3) is 0 Å². The summed E-state index contributed by atoms with van der Waals surface area (Å²) < 4.78 is 2.10. The third kappa shape index (κ3) is 2.60. The third-order valence-electron chi connectivity index (χ3n) is 4.90. The number of carboxylic acid groups (broad SMARTS) is 1. The molecule has 0 saturated carbocycles. The second-order valence-corrected chi connectivity index (χ2v) is 6.30. The van der Waals surface area contributed by atoms with Crippen LogP contribution in [-0.2, 0) is 17.9 Å². The molecule has 0 aliphatic carbocycles. The van der Waals surface area contributed by atoms with Gasteiger partial charge in [-0.05, 0) is 38.0 Å². The van der Waals surface area contributed by atoms with E-state index in [-0.39, 0.29) is 12.5 Å². The number of amides is 1. The summed E-state index contributed by atoms with van der Waals surface area (Å²) in [5, 5.41) is 9.55. The minimum atomic E-state index is -0.890. The summed E-state index contributed by atoms with van der Waals surface area (Å²) in [6, 6.07) is 9.38. The number of fused-ring (bicyclic) bond motifs is 1. The van der Waals surface area contributed by atoms with Gasteiger partial charge < -0.3 is 14.6 Å². The number of nitrogens with zero attached hydrogens (tertiary/aromatic N) is 2. The van der Waals surface area contributed by atoms with Crippen molar-refractivity contribution in [1.82, 2.24) is 9.47 Å². The average Bonchev–Trinajstić information content (AvgIpc) is 2.86. The van der Waals surface area contributed by atoms with Gasteiger partial charge in [-0.2, -0.15) is 0 Å². The lowest BCUT2D eigenvalue weighted by atomic mass is 9.89. The number of rotatable bonds is 3.